The molecular formula is C17H19BrN2O. The summed E-state index contributed by atoms with van der Waals surface area (Å²) < 4.78 is 6.87. The molecule has 1 heterocycles. The molecule has 0 fully saturated rings. The molecule has 0 radical (unpaired) electrons. The molecule has 3 nitrogen and oxygen atoms in total. The molecule has 1 atom stereocenters. The Labute approximate surface area is 133 Å². The van der Waals surface area contributed by atoms with Crippen molar-refractivity contribution in [3.63, 3.8) is 0 Å². The first-order valence-electron chi connectivity index (χ1n) is 7.21. The van der Waals surface area contributed by atoms with Gasteiger partial charge < -0.3 is 15.4 Å². The number of halogens is 1. The second-order valence-electron chi connectivity index (χ2n) is 5.32. The lowest BCUT2D eigenvalue weighted by atomic mass is 10.1. The minimum absolute atomic E-state index is 0.0215. The lowest BCUT2D eigenvalue weighted by Crippen LogP contribution is -2.18. The molecule has 4 heteroatoms. The van der Waals surface area contributed by atoms with Crippen LogP contribution in [-0.2, 0) is 0 Å². The van der Waals surface area contributed by atoms with Gasteiger partial charge >= 0.3 is 0 Å². The van der Waals surface area contributed by atoms with E-state index >= 15 is 0 Å². The highest BCUT2D eigenvalue weighted by molar-refractivity contribution is 9.10. The molecule has 1 aliphatic rings. The largest absolute Gasteiger partial charge is 0.491 e. The minimum atomic E-state index is 0.0215. The SMILES string of the molecule is C[C@@H](N)c1ccc(N2CCCOc3ccccc32)cc1Br. The number of hydrogen-bond donors (Lipinski definition) is 1. The van der Waals surface area contributed by atoms with Crippen molar-refractivity contribution in [1.29, 1.82) is 0 Å². The number of ether oxygens (including phenoxy) is 1. The van der Waals surface area contributed by atoms with Gasteiger partial charge in [0.1, 0.15) is 5.75 Å². The number of rotatable bonds is 2. The summed E-state index contributed by atoms with van der Waals surface area (Å²) in [5, 5.41) is 0. The van der Waals surface area contributed by atoms with Crippen molar-refractivity contribution in [3.8, 4) is 5.75 Å². The van der Waals surface area contributed by atoms with Gasteiger partial charge in [0, 0.05) is 22.7 Å². The maximum absolute atomic E-state index is 5.98. The molecule has 2 aromatic rings. The summed E-state index contributed by atoms with van der Waals surface area (Å²) in [5.74, 6) is 0.947. The van der Waals surface area contributed by atoms with E-state index in [4.69, 9.17) is 10.5 Å². The van der Waals surface area contributed by atoms with Gasteiger partial charge in [-0.15, -0.1) is 0 Å². The van der Waals surface area contributed by atoms with Crippen LogP contribution < -0.4 is 15.4 Å². The van der Waals surface area contributed by atoms with Gasteiger partial charge in [-0.2, -0.15) is 0 Å². The van der Waals surface area contributed by atoms with E-state index in [-0.39, 0.29) is 6.04 Å². The maximum Gasteiger partial charge on any atom is 0.142 e. The molecule has 3 rings (SSSR count). The summed E-state index contributed by atoms with van der Waals surface area (Å²) in [6, 6.07) is 14.6. The van der Waals surface area contributed by atoms with Crippen molar-refractivity contribution in [1.82, 2.24) is 0 Å². The molecule has 0 unspecified atom stereocenters. The fraction of sp³-hybridized carbons (Fsp3) is 0.294. The Bertz CT molecular complexity index is 642. The third-order valence-electron chi connectivity index (χ3n) is 3.73. The first-order valence-corrected chi connectivity index (χ1v) is 8.00. The Kier molecular flexibility index (Phi) is 4.17. The lowest BCUT2D eigenvalue weighted by Gasteiger charge is -2.25. The summed E-state index contributed by atoms with van der Waals surface area (Å²) in [7, 11) is 0. The van der Waals surface area contributed by atoms with Gasteiger partial charge in [0.2, 0.25) is 0 Å². The van der Waals surface area contributed by atoms with Gasteiger partial charge in [0.05, 0.1) is 12.3 Å². The van der Waals surface area contributed by atoms with Gasteiger partial charge in [-0.3, -0.25) is 0 Å². The fourth-order valence-electron chi connectivity index (χ4n) is 2.65. The molecule has 110 valence electrons. The Morgan fingerprint density at radius 3 is 2.81 bits per heavy atom. The number of hydrogen-bond acceptors (Lipinski definition) is 3. The maximum atomic E-state index is 5.98. The minimum Gasteiger partial charge on any atom is -0.491 e. The highest BCUT2D eigenvalue weighted by atomic mass is 79.9. The zero-order valence-corrected chi connectivity index (χ0v) is 13.6. The van der Waals surface area contributed by atoms with Crippen molar-refractivity contribution in [2.24, 2.45) is 5.73 Å². The van der Waals surface area contributed by atoms with Crippen LogP contribution in [0, 0.1) is 0 Å². The van der Waals surface area contributed by atoms with Crippen LogP contribution >= 0.6 is 15.9 Å². The van der Waals surface area contributed by atoms with Crippen molar-refractivity contribution in [2.45, 2.75) is 19.4 Å². The molecule has 2 aromatic carbocycles. The van der Waals surface area contributed by atoms with Crippen LogP contribution in [0.3, 0.4) is 0 Å². The lowest BCUT2D eigenvalue weighted by molar-refractivity contribution is 0.322. The van der Waals surface area contributed by atoms with Gasteiger partial charge in [-0.1, -0.05) is 34.1 Å². The Morgan fingerprint density at radius 2 is 2.05 bits per heavy atom. The Balaban J connectivity index is 2.02. The van der Waals surface area contributed by atoms with E-state index in [1.807, 2.05) is 25.1 Å². The fourth-order valence-corrected chi connectivity index (χ4v) is 3.38. The molecule has 2 N–H and O–H groups in total. The zero-order valence-electron chi connectivity index (χ0n) is 12.1. The molecule has 0 amide bonds. The third-order valence-corrected chi connectivity index (χ3v) is 4.41. The third kappa shape index (κ3) is 2.92. The summed E-state index contributed by atoms with van der Waals surface area (Å²) in [6.45, 7) is 3.70. The van der Waals surface area contributed by atoms with Crippen LogP contribution in [0.1, 0.15) is 24.9 Å². The van der Waals surface area contributed by atoms with E-state index in [1.165, 1.54) is 0 Å². The van der Waals surface area contributed by atoms with E-state index in [2.05, 4.69) is 45.1 Å². The predicted octanol–water partition coefficient (Wildman–Crippen LogP) is 4.39. The quantitative estimate of drug-likeness (QED) is 0.876. The number of fused-ring (bicyclic) bond motifs is 1. The summed E-state index contributed by atoms with van der Waals surface area (Å²) in [4.78, 5) is 2.30. The van der Waals surface area contributed by atoms with Crippen molar-refractivity contribution in [2.75, 3.05) is 18.1 Å². The molecule has 0 spiro atoms. The van der Waals surface area contributed by atoms with Crippen LogP contribution in [0.15, 0.2) is 46.9 Å². The highest BCUT2D eigenvalue weighted by Crippen LogP contribution is 2.37. The van der Waals surface area contributed by atoms with Crippen molar-refractivity contribution in [3.05, 3.63) is 52.5 Å². The number of anilines is 2. The molecule has 0 saturated heterocycles. The summed E-state index contributed by atoms with van der Waals surface area (Å²) >= 11 is 3.64. The molecular weight excluding hydrogens is 328 g/mol. The Hall–Kier alpha value is -1.52. The van der Waals surface area contributed by atoms with E-state index in [1.54, 1.807) is 0 Å². The topological polar surface area (TPSA) is 38.5 Å². The van der Waals surface area contributed by atoms with Crippen molar-refractivity contribution >= 4 is 27.3 Å². The van der Waals surface area contributed by atoms with Gasteiger partial charge in [-0.25, -0.2) is 0 Å². The number of para-hydroxylation sites is 2. The molecule has 1 aliphatic heterocycles. The van der Waals surface area contributed by atoms with Gasteiger partial charge in [-0.05, 0) is 43.2 Å². The van der Waals surface area contributed by atoms with Crippen LogP contribution in [0.2, 0.25) is 0 Å². The van der Waals surface area contributed by atoms with E-state index in [0.717, 1.165) is 46.7 Å². The average Bonchev–Trinajstić information content (AvgIpc) is 2.69. The smallest absolute Gasteiger partial charge is 0.142 e. The zero-order chi connectivity index (χ0) is 14.8. The first kappa shape index (κ1) is 14.4. The second kappa shape index (κ2) is 6.08. The first-order chi connectivity index (χ1) is 10.2. The monoisotopic (exact) mass is 346 g/mol. The molecule has 0 aromatic heterocycles. The van der Waals surface area contributed by atoms with E-state index in [9.17, 15) is 0 Å². The van der Waals surface area contributed by atoms with Gasteiger partial charge in [0.25, 0.3) is 0 Å². The summed E-state index contributed by atoms with van der Waals surface area (Å²) in [6.07, 6.45) is 1.00. The van der Waals surface area contributed by atoms with Crippen molar-refractivity contribution < 1.29 is 4.74 Å². The summed E-state index contributed by atoms with van der Waals surface area (Å²) in [5.41, 5.74) is 9.38. The molecule has 0 saturated carbocycles. The second-order valence-corrected chi connectivity index (χ2v) is 6.17. The Morgan fingerprint density at radius 1 is 1.24 bits per heavy atom. The van der Waals surface area contributed by atoms with E-state index in [0.29, 0.717) is 0 Å². The number of benzene rings is 2. The van der Waals surface area contributed by atoms with Crippen LogP contribution in [0.4, 0.5) is 11.4 Å². The number of nitrogens with two attached hydrogens (primary N) is 1. The molecule has 0 aliphatic carbocycles. The van der Waals surface area contributed by atoms with E-state index < -0.39 is 0 Å². The normalized spacial score (nSPS) is 15.9. The average molecular weight is 347 g/mol. The van der Waals surface area contributed by atoms with Gasteiger partial charge in [0.15, 0.2) is 0 Å². The molecule has 21 heavy (non-hydrogen) atoms. The predicted molar refractivity (Wildman–Crippen MR) is 90.3 cm³/mol. The van der Waals surface area contributed by atoms with Crippen LogP contribution in [-0.4, -0.2) is 13.2 Å². The number of nitrogens with zero attached hydrogens (tertiary/aromatic N) is 1. The molecule has 0 bridgehead atoms. The van der Waals surface area contributed by atoms with Crippen LogP contribution in [0.25, 0.3) is 0 Å². The van der Waals surface area contributed by atoms with Crippen LogP contribution in [0.5, 0.6) is 5.75 Å². The highest BCUT2D eigenvalue weighted by Gasteiger charge is 2.18. The standard InChI is InChI=1S/C17H19BrN2O/c1-12(19)14-8-7-13(11-15(14)18)20-9-4-10-21-17-6-3-2-5-16(17)20/h2-3,5-8,11-12H,4,9-10,19H2,1H3/t12-/m1/s1.